The Morgan fingerprint density at radius 2 is 1.77 bits per heavy atom. The minimum absolute atomic E-state index is 0.00911. The molecule has 0 unspecified atom stereocenters. The number of rotatable bonds is 1. The molecule has 7 heteroatoms. The number of carbonyl (C=O) groups excluding carboxylic acids is 3. The van der Waals surface area contributed by atoms with E-state index >= 15 is 0 Å². The highest BCUT2D eigenvalue weighted by molar-refractivity contribution is 6.34. The first kappa shape index (κ1) is 16.1. The van der Waals surface area contributed by atoms with Crippen LogP contribution in [0, 0.1) is 0 Å². The molecule has 2 aliphatic heterocycles. The van der Waals surface area contributed by atoms with Crippen molar-refractivity contribution in [1.82, 2.24) is 0 Å². The van der Waals surface area contributed by atoms with Crippen LogP contribution in [0.25, 0.3) is 16.3 Å². The molecule has 0 saturated carbocycles. The first-order valence-corrected chi connectivity index (χ1v) is 7.84. The lowest BCUT2D eigenvalue weighted by molar-refractivity contribution is -0.150. The summed E-state index contributed by atoms with van der Waals surface area (Å²) in [4.78, 5) is 37.0. The summed E-state index contributed by atoms with van der Waals surface area (Å²) in [5, 5.41) is 11.6. The first-order chi connectivity index (χ1) is 12.3. The zero-order valence-electron chi connectivity index (χ0n) is 14.2. The van der Waals surface area contributed by atoms with Gasteiger partial charge in [-0.3, -0.25) is 0 Å². The van der Waals surface area contributed by atoms with E-state index in [1.807, 2.05) is 0 Å². The van der Waals surface area contributed by atoms with Crippen molar-refractivity contribution in [3.63, 3.8) is 0 Å². The Labute approximate surface area is 147 Å². The molecule has 0 fully saturated rings. The molecule has 26 heavy (non-hydrogen) atoms. The molecule has 0 aromatic heterocycles. The predicted molar refractivity (Wildman–Crippen MR) is 89.7 cm³/mol. The number of hydrogen-bond donors (Lipinski definition) is 1. The van der Waals surface area contributed by atoms with Crippen molar-refractivity contribution < 1.29 is 33.7 Å². The molecule has 2 heterocycles. The van der Waals surface area contributed by atoms with Gasteiger partial charge in [0.05, 0.1) is 23.8 Å². The van der Waals surface area contributed by atoms with Crippen LogP contribution in [0.1, 0.15) is 29.8 Å². The fourth-order valence-corrected chi connectivity index (χ4v) is 3.50. The van der Waals surface area contributed by atoms with E-state index in [1.54, 1.807) is 38.1 Å². The molecule has 0 amide bonds. The fourth-order valence-electron chi connectivity index (χ4n) is 3.50. The molecule has 0 radical (unpaired) electrons. The van der Waals surface area contributed by atoms with Gasteiger partial charge in [0, 0.05) is 10.8 Å². The van der Waals surface area contributed by atoms with Crippen molar-refractivity contribution in [2.45, 2.75) is 19.4 Å². The summed E-state index contributed by atoms with van der Waals surface area (Å²) < 4.78 is 15.6. The second-order valence-corrected chi connectivity index (χ2v) is 6.50. The van der Waals surface area contributed by atoms with E-state index in [0.717, 1.165) is 7.11 Å². The van der Waals surface area contributed by atoms with Crippen molar-refractivity contribution in [3.8, 4) is 11.5 Å². The third kappa shape index (κ3) is 1.91. The number of fused-ring (bicyclic) bond motifs is 4. The number of phenolic OH excluding ortho intramolecular Hbond substituents is 1. The van der Waals surface area contributed by atoms with E-state index < -0.39 is 23.5 Å². The molecule has 7 nitrogen and oxygen atoms in total. The average molecular weight is 354 g/mol. The van der Waals surface area contributed by atoms with Crippen LogP contribution in [0.3, 0.4) is 0 Å². The van der Waals surface area contributed by atoms with Gasteiger partial charge in [0.2, 0.25) is 0 Å². The van der Waals surface area contributed by atoms with Crippen molar-refractivity contribution in [2.75, 3.05) is 7.11 Å². The molecule has 132 valence electrons. The molecule has 0 atom stereocenters. The molecule has 2 aromatic carbocycles. The van der Waals surface area contributed by atoms with Crippen LogP contribution in [-0.4, -0.2) is 35.7 Å². The number of cyclic esters (lactones) is 2. The van der Waals surface area contributed by atoms with Crippen molar-refractivity contribution in [3.05, 3.63) is 41.0 Å². The molecule has 0 spiro atoms. The highest BCUT2D eigenvalue weighted by Crippen LogP contribution is 2.52. The van der Waals surface area contributed by atoms with Gasteiger partial charge >= 0.3 is 17.9 Å². The van der Waals surface area contributed by atoms with Gasteiger partial charge in [-0.2, -0.15) is 0 Å². The van der Waals surface area contributed by atoms with Crippen LogP contribution in [0.4, 0.5) is 0 Å². The van der Waals surface area contributed by atoms with Crippen LogP contribution in [0.15, 0.2) is 29.8 Å². The lowest BCUT2D eigenvalue weighted by atomic mass is 9.83. The van der Waals surface area contributed by atoms with Gasteiger partial charge in [0.15, 0.2) is 0 Å². The van der Waals surface area contributed by atoms with E-state index in [-0.39, 0.29) is 33.8 Å². The SMILES string of the molecule is COC(=O)c1c2c(c3ccccc3c1O)OC(C)(C)C1=C2C(=O)OC1=O. The lowest BCUT2D eigenvalue weighted by Crippen LogP contribution is -2.37. The summed E-state index contributed by atoms with van der Waals surface area (Å²) in [6.45, 7) is 3.26. The number of benzene rings is 2. The Morgan fingerprint density at radius 3 is 2.42 bits per heavy atom. The number of phenols is 1. The highest BCUT2D eigenvalue weighted by Gasteiger charge is 2.50. The molecule has 0 bridgehead atoms. The molecule has 1 N–H and O–H groups in total. The van der Waals surface area contributed by atoms with Crippen molar-refractivity contribution in [2.24, 2.45) is 0 Å². The van der Waals surface area contributed by atoms with Gasteiger partial charge in [-0.15, -0.1) is 0 Å². The van der Waals surface area contributed by atoms with Crippen LogP contribution in [0.2, 0.25) is 0 Å². The molecular weight excluding hydrogens is 340 g/mol. The quantitative estimate of drug-likeness (QED) is 0.620. The summed E-state index contributed by atoms with van der Waals surface area (Å²) in [7, 11) is 1.16. The normalized spacial score (nSPS) is 17.5. The second-order valence-electron chi connectivity index (χ2n) is 6.50. The van der Waals surface area contributed by atoms with Crippen LogP contribution >= 0.6 is 0 Å². The van der Waals surface area contributed by atoms with Gasteiger partial charge < -0.3 is 19.3 Å². The Bertz CT molecular complexity index is 1060. The molecule has 4 rings (SSSR count). The fraction of sp³-hybridized carbons (Fsp3) is 0.211. The third-order valence-electron chi connectivity index (χ3n) is 4.58. The molecule has 2 aromatic rings. The Morgan fingerprint density at radius 1 is 1.12 bits per heavy atom. The van der Waals surface area contributed by atoms with Crippen LogP contribution in [0.5, 0.6) is 11.5 Å². The Kier molecular flexibility index (Phi) is 3.15. The standard InChI is InChI=1S/C19H14O7/c1-19(2)13-11(17(22)25-18(13)23)10-12(16(21)24-3)14(20)8-6-4-5-7-9(8)15(10)26-19/h4-7,20H,1-3H3. The van der Waals surface area contributed by atoms with E-state index in [0.29, 0.717) is 10.8 Å². The topological polar surface area (TPSA) is 99.1 Å². The average Bonchev–Trinajstić information content (AvgIpc) is 2.91. The number of esters is 3. The monoisotopic (exact) mass is 354 g/mol. The zero-order valence-corrected chi connectivity index (χ0v) is 14.2. The van der Waals surface area contributed by atoms with Crippen LogP contribution < -0.4 is 4.74 Å². The minimum Gasteiger partial charge on any atom is -0.506 e. The van der Waals surface area contributed by atoms with Gasteiger partial charge in [-0.1, -0.05) is 24.3 Å². The van der Waals surface area contributed by atoms with Gasteiger partial charge in [0.25, 0.3) is 0 Å². The summed E-state index contributed by atoms with van der Waals surface area (Å²) in [6, 6.07) is 6.74. The Hall–Kier alpha value is -3.35. The maximum atomic E-state index is 12.4. The number of carbonyl (C=O) groups is 3. The Balaban J connectivity index is 2.24. The maximum absolute atomic E-state index is 12.4. The number of methoxy groups -OCH3 is 1. The van der Waals surface area contributed by atoms with Gasteiger partial charge in [-0.05, 0) is 13.8 Å². The summed E-state index contributed by atoms with van der Waals surface area (Å²) in [5.41, 5.74) is -1.45. The van der Waals surface area contributed by atoms with E-state index in [1.165, 1.54) is 0 Å². The van der Waals surface area contributed by atoms with Crippen LogP contribution in [-0.2, 0) is 19.1 Å². The number of hydrogen-bond acceptors (Lipinski definition) is 7. The third-order valence-corrected chi connectivity index (χ3v) is 4.58. The van der Waals surface area contributed by atoms with Crippen molar-refractivity contribution >= 4 is 34.3 Å². The number of aromatic hydroxyl groups is 1. The molecule has 2 aliphatic rings. The second kappa shape index (κ2) is 5.08. The summed E-state index contributed by atoms with van der Waals surface area (Å²) >= 11 is 0. The minimum atomic E-state index is -1.15. The first-order valence-electron chi connectivity index (χ1n) is 7.84. The molecule has 0 aliphatic carbocycles. The molecule has 0 saturated heterocycles. The zero-order chi connectivity index (χ0) is 18.8. The van der Waals surface area contributed by atoms with Gasteiger partial charge in [0.1, 0.15) is 22.7 Å². The van der Waals surface area contributed by atoms with Crippen molar-refractivity contribution in [1.29, 1.82) is 0 Å². The smallest absolute Gasteiger partial charge is 0.347 e. The van der Waals surface area contributed by atoms with E-state index in [9.17, 15) is 19.5 Å². The van der Waals surface area contributed by atoms with E-state index in [4.69, 9.17) is 14.2 Å². The molecular formula is C19H14O7. The largest absolute Gasteiger partial charge is 0.506 e. The summed E-state index contributed by atoms with van der Waals surface area (Å²) in [6.07, 6.45) is 0. The number of ether oxygens (including phenoxy) is 3. The van der Waals surface area contributed by atoms with Gasteiger partial charge in [-0.25, -0.2) is 14.4 Å². The lowest BCUT2D eigenvalue weighted by Gasteiger charge is -2.33. The predicted octanol–water partition coefficient (Wildman–Crippen LogP) is 2.34. The van der Waals surface area contributed by atoms with E-state index in [2.05, 4.69) is 0 Å². The maximum Gasteiger partial charge on any atom is 0.347 e. The summed E-state index contributed by atoms with van der Waals surface area (Å²) in [5.74, 6) is -2.71. The highest BCUT2D eigenvalue weighted by atomic mass is 16.6.